The number of aromatic nitrogens is 3. The van der Waals surface area contributed by atoms with Gasteiger partial charge < -0.3 is 9.47 Å². The highest BCUT2D eigenvalue weighted by molar-refractivity contribution is 9.10. The predicted molar refractivity (Wildman–Crippen MR) is 165 cm³/mol. The first kappa shape index (κ1) is 28.1. The summed E-state index contributed by atoms with van der Waals surface area (Å²) in [6, 6.07) is 33.0. The van der Waals surface area contributed by atoms with Crippen molar-refractivity contribution < 1.29 is 14.3 Å². The summed E-state index contributed by atoms with van der Waals surface area (Å²) in [5.74, 6) is 1.78. The number of hydrogen-bond donors (Lipinski definition) is 1. The number of hydrogen-bond acceptors (Lipinski definition) is 7. The van der Waals surface area contributed by atoms with Crippen LogP contribution in [-0.4, -0.2) is 39.7 Å². The molecule has 0 bridgehead atoms. The molecule has 1 aromatic heterocycles. The molecule has 0 aliphatic heterocycles. The van der Waals surface area contributed by atoms with Crippen LogP contribution in [0.4, 0.5) is 0 Å². The normalized spacial score (nSPS) is 11.0. The van der Waals surface area contributed by atoms with Gasteiger partial charge in [0.2, 0.25) is 0 Å². The van der Waals surface area contributed by atoms with Crippen molar-refractivity contribution in [3.8, 4) is 28.6 Å². The SMILES string of the molecule is COc1ccc(OCc2cccc(Br)c2)c(C=NNC(=O)CSc2nnc(-c3ccccc3)n2-c2ccccc2)c1. The highest BCUT2D eigenvalue weighted by Gasteiger charge is 2.17. The number of carbonyl (C=O) groups is 1. The quantitative estimate of drug-likeness (QED) is 0.102. The number of methoxy groups -OCH3 is 1. The van der Waals surface area contributed by atoms with Gasteiger partial charge in [-0.3, -0.25) is 9.36 Å². The smallest absolute Gasteiger partial charge is 0.250 e. The van der Waals surface area contributed by atoms with E-state index in [9.17, 15) is 4.79 Å². The molecule has 0 spiro atoms. The second kappa shape index (κ2) is 13.8. The van der Waals surface area contributed by atoms with Crippen molar-refractivity contribution in [3.05, 3.63) is 119 Å². The van der Waals surface area contributed by atoms with Crippen molar-refractivity contribution >= 4 is 39.8 Å². The van der Waals surface area contributed by atoms with Gasteiger partial charge in [-0.05, 0) is 48.0 Å². The molecule has 10 heteroatoms. The van der Waals surface area contributed by atoms with E-state index in [1.807, 2.05) is 102 Å². The predicted octanol–water partition coefficient (Wildman–Crippen LogP) is 6.53. The summed E-state index contributed by atoms with van der Waals surface area (Å²) in [5.41, 5.74) is 6.12. The Labute approximate surface area is 250 Å². The first-order valence-electron chi connectivity index (χ1n) is 12.7. The lowest BCUT2D eigenvalue weighted by atomic mass is 10.2. The van der Waals surface area contributed by atoms with Crippen molar-refractivity contribution in [2.45, 2.75) is 11.8 Å². The molecule has 0 fully saturated rings. The number of thioether (sulfide) groups is 1. The van der Waals surface area contributed by atoms with E-state index in [2.05, 4.69) is 36.7 Å². The number of para-hydroxylation sites is 1. The number of amides is 1. The Bertz CT molecular complexity index is 1640. The molecule has 0 saturated heterocycles. The van der Waals surface area contributed by atoms with Gasteiger partial charge in [-0.1, -0.05) is 88.4 Å². The summed E-state index contributed by atoms with van der Waals surface area (Å²) in [5, 5.41) is 13.6. The van der Waals surface area contributed by atoms with Crippen LogP contribution in [-0.2, 0) is 11.4 Å². The Morgan fingerprint density at radius 3 is 2.51 bits per heavy atom. The lowest BCUT2D eigenvalue weighted by Gasteiger charge is -2.11. The Kier molecular flexibility index (Phi) is 9.45. The number of carbonyl (C=O) groups excluding carboxylic acids is 1. The van der Waals surface area contributed by atoms with E-state index in [0.717, 1.165) is 21.3 Å². The molecule has 5 rings (SSSR count). The molecule has 0 unspecified atom stereocenters. The van der Waals surface area contributed by atoms with Crippen molar-refractivity contribution in [1.29, 1.82) is 0 Å². The van der Waals surface area contributed by atoms with E-state index in [4.69, 9.17) is 9.47 Å². The molecule has 0 aliphatic rings. The van der Waals surface area contributed by atoms with Crippen LogP contribution in [0, 0.1) is 0 Å². The van der Waals surface area contributed by atoms with E-state index in [1.54, 1.807) is 19.4 Å². The summed E-state index contributed by atoms with van der Waals surface area (Å²) in [6.45, 7) is 0.378. The molecular formula is C31H26BrN5O3S. The molecule has 0 radical (unpaired) electrons. The monoisotopic (exact) mass is 627 g/mol. The number of nitrogens with zero attached hydrogens (tertiary/aromatic N) is 4. The number of benzene rings is 4. The number of halogens is 1. The molecule has 8 nitrogen and oxygen atoms in total. The van der Waals surface area contributed by atoms with Crippen LogP contribution < -0.4 is 14.9 Å². The second-order valence-corrected chi connectivity index (χ2v) is 10.6. The van der Waals surface area contributed by atoms with Gasteiger partial charge in [-0.15, -0.1) is 10.2 Å². The number of ether oxygens (including phenoxy) is 2. The lowest BCUT2D eigenvalue weighted by molar-refractivity contribution is -0.118. The summed E-state index contributed by atoms with van der Waals surface area (Å²) < 4.78 is 14.3. The molecule has 0 atom stereocenters. The Balaban J connectivity index is 1.26. The highest BCUT2D eigenvalue weighted by atomic mass is 79.9. The van der Waals surface area contributed by atoms with Gasteiger partial charge >= 0.3 is 0 Å². The van der Waals surface area contributed by atoms with Crippen LogP contribution in [0.25, 0.3) is 17.1 Å². The maximum absolute atomic E-state index is 12.7. The van der Waals surface area contributed by atoms with E-state index >= 15 is 0 Å². The molecular weight excluding hydrogens is 602 g/mol. The van der Waals surface area contributed by atoms with Crippen molar-refractivity contribution in [2.24, 2.45) is 5.10 Å². The summed E-state index contributed by atoms with van der Waals surface area (Å²) in [7, 11) is 1.59. The number of hydrazone groups is 1. The van der Waals surface area contributed by atoms with Gasteiger partial charge in [0, 0.05) is 21.3 Å². The van der Waals surface area contributed by atoms with Crippen molar-refractivity contribution in [3.63, 3.8) is 0 Å². The Morgan fingerprint density at radius 2 is 1.76 bits per heavy atom. The molecule has 0 saturated carbocycles. The molecule has 0 aliphatic carbocycles. The van der Waals surface area contributed by atoms with Crippen LogP contribution in [0.2, 0.25) is 0 Å². The fraction of sp³-hybridized carbons (Fsp3) is 0.0968. The zero-order valence-electron chi connectivity index (χ0n) is 22.1. The summed E-state index contributed by atoms with van der Waals surface area (Å²) >= 11 is 4.76. The van der Waals surface area contributed by atoms with Gasteiger partial charge in [0.1, 0.15) is 18.1 Å². The van der Waals surface area contributed by atoms with Crippen LogP contribution in [0.1, 0.15) is 11.1 Å². The summed E-state index contributed by atoms with van der Waals surface area (Å²) in [4.78, 5) is 12.7. The minimum Gasteiger partial charge on any atom is -0.497 e. The molecule has 1 N–H and O–H groups in total. The topological polar surface area (TPSA) is 90.6 Å². The van der Waals surface area contributed by atoms with E-state index in [0.29, 0.717) is 34.7 Å². The van der Waals surface area contributed by atoms with E-state index < -0.39 is 0 Å². The van der Waals surface area contributed by atoms with Crippen LogP contribution in [0.15, 0.2) is 118 Å². The average molecular weight is 629 g/mol. The number of rotatable bonds is 11. The second-order valence-electron chi connectivity index (χ2n) is 8.75. The first-order valence-corrected chi connectivity index (χ1v) is 14.4. The Hall–Kier alpha value is -4.41. The standard InChI is InChI=1S/C31H26BrN5O3S/c1-39-27-15-16-28(40-20-22-9-8-12-25(32)17-22)24(18-27)19-33-34-29(38)21-41-31-36-35-30(23-10-4-2-5-11-23)37(31)26-13-6-3-7-14-26/h2-19H,20-21H2,1H3,(H,34,38). The third kappa shape index (κ3) is 7.41. The fourth-order valence-electron chi connectivity index (χ4n) is 3.96. The van der Waals surface area contributed by atoms with Gasteiger partial charge in [0.05, 0.1) is 19.1 Å². The number of nitrogens with one attached hydrogen (secondary N) is 1. The van der Waals surface area contributed by atoms with Crippen molar-refractivity contribution in [1.82, 2.24) is 20.2 Å². The maximum Gasteiger partial charge on any atom is 0.250 e. The molecule has 4 aromatic carbocycles. The molecule has 1 amide bonds. The fourth-order valence-corrected chi connectivity index (χ4v) is 5.15. The Morgan fingerprint density at radius 1 is 0.976 bits per heavy atom. The zero-order valence-corrected chi connectivity index (χ0v) is 24.5. The van der Waals surface area contributed by atoms with Crippen molar-refractivity contribution in [2.75, 3.05) is 12.9 Å². The average Bonchev–Trinajstić information content (AvgIpc) is 3.44. The van der Waals surface area contributed by atoms with Gasteiger partial charge in [0.25, 0.3) is 5.91 Å². The lowest BCUT2D eigenvalue weighted by Crippen LogP contribution is -2.20. The summed E-state index contributed by atoms with van der Waals surface area (Å²) in [6.07, 6.45) is 1.54. The minimum absolute atomic E-state index is 0.0987. The van der Waals surface area contributed by atoms with Crippen LogP contribution in [0.5, 0.6) is 11.5 Å². The van der Waals surface area contributed by atoms with Crippen LogP contribution in [0.3, 0.4) is 0 Å². The largest absolute Gasteiger partial charge is 0.497 e. The molecule has 1 heterocycles. The first-order chi connectivity index (χ1) is 20.1. The maximum atomic E-state index is 12.7. The van der Waals surface area contributed by atoms with E-state index in [-0.39, 0.29) is 11.7 Å². The molecule has 5 aromatic rings. The van der Waals surface area contributed by atoms with Gasteiger partial charge in [-0.2, -0.15) is 5.10 Å². The molecule has 41 heavy (non-hydrogen) atoms. The van der Waals surface area contributed by atoms with E-state index in [1.165, 1.54) is 11.8 Å². The third-order valence-corrected chi connectivity index (χ3v) is 7.33. The molecule has 206 valence electrons. The zero-order chi connectivity index (χ0) is 28.4. The van der Waals surface area contributed by atoms with Crippen LogP contribution >= 0.6 is 27.7 Å². The van der Waals surface area contributed by atoms with Gasteiger partial charge in [-0.25, -0.2) is 5.43 Å². The minimum atomic E-state index is -0.283. The van der Waals surface area contributed by atoms with Gasteiger partial charge in [0.15, 0.2) is 11.0 Å². The highest BCUT2D eigenvalue weighted by Crippen LogP contribution is 2.28. The third-order valence-electron chi connectivity index (χ3n) is 5.91.